The van der Waals surface area contributed by atoms with Gasteiger partial charge >= 0.3 is 0 Å². The lowest BCUT2D eigenvalue weighted by molar-refractivity contribution is 0.0513. The van der Waals surface area contributed by atoms with Gasteiger partial charge in [-0.05, 0) is 37.0 Å². The van der Waals surface area contributed by atoms with Crippen LogP contribution >= 0.6 is 0 Å². The average Bonchev–Trinajstić information content (AvgIpc) is 2.59. The summed E-state index contributed by atoms with van der Waals surface area (Å²) in [5.74, 6) is 0.632. The second kappa shape index (κ2) is 8.87. The zero-order valence-electron chi connectivity index (χ0n) is 14.2. The molecule has 23 heavy (non-hydrogen) atoms. The minimum absolute atomic E-state index is 0.0334. The van der Waals surface area contributed by atoms with E-state index in [9.17, 15) is 4.39 Å². The van der Waals surface area contributed by atoms with Gasteiger partial charge in [0.15, 0.2) is 5.96 Å². The summed E-state index contributed by atoms with van der Waals surface area (Å²) in [4.78, 5) is 4.29. The third kappa shape index (κ3) is 4.93. The normalized spacial score (nSPS) is 17.8. The highest BCUT2D eigenvalue weighted by Gasteiger charge is 2.34. The van der Waals surface area contributed by atoms with Gasteiger partial charge in [-0.25, -0.2) is 4.39 Å². The van der Waals surface area contributed by atoms with E-state index >= 15 is 0 Å². The zero-order chi connectivity index (χ0) is 16.5. The summed E-state index contributed by atoms with van der Waals surface area (Å²) in [5, 5.41) is 6.78. The lowest BCUT2D eigenvalue weighted by atomic mass is 9.74. The number of guanidine groups is 1. The van der Waals surface area contributed by atoms with Crippen LogP contribution in [0.3, 0.4) is 0 Å². The Morgan fingerprint density at radius 3 is 2.52 bits per heavy atom. The van der Waals surface area contributed by atoms with Gasteiger partial charge in [0.1, 0.15) is 5.82 Å². The van der Waals surface area contributed by atoms with Gasteiger partial charge in [0.05, 0.1) is 0 Å². The van der Waals surface area contributed by atoms with Crippen LogP contribution in [0.1, 0.15) is 38.2 Å². The third-order valence-electron chi connectivity index (χ3n) is 4.55. The van der Waals surface area contributed by atoms with Crippen LogP contribution in [0.4, 0.5) is 4.39 Å². The van der Waals surface area contributed by atoms with Crippen LogP contribution in [0.15, 0.2) is 29.3 Å². The van der Waals surface area contributed by atoms with Crippen molar-refractivity contribution < 1.29 is 9.13 Å². The van der Waals surface area contributed by atoms with Crippen molar-refractivity contribution in [2.24, 2.45) is 4.99 Å². The van der Waals surface area contributed by atoms with Crippen molar-refractivity contribution in [3.8, 4) is 0 Å². The molecule has 1 aliphatic heterocycles. The Hall–Kier alpha value is -1.62. The van der Waals surface area contributed by atoms with Gasteiger partial charge in [-0.3, -0.25) is 4.99 Å². The van der Waals surface area contributed by atoms with E-state index in [1.165, 1.54) is 5.56 Å². The summed E-state index contributed by atoms with van der Waals surface area (Å²) in [6, 6.07) is 6.88. The van der Waals surface area contributed by atoms with Crippen LogP contribution < -0.4 is 10.6 Å². The topological polar surface area (TPSA) is 45.7 Å². The molecule has 0 unspecified atom stereocenters. The maximum absolute atomic E-state index is 13.3. The fourth-order valence-electron chi connectivity index (χ4n) is 2.99. The van der Waals surface area contributed by atoms with Crippen LogP contribution in [0, 0.1) is 5.82 Å². The average molecular weight is 321 g/mol. The van der Waals surface area contributed by atoms with Gasteiger partial charge < -0.3 is 15.4 Å². The van der Waals surface area contributed by atoms with Crippen LogP contribution in [-0.4, -0.2) is 39.3 Å². The number of nitrogens with one attached hydrogen (secondary N) is 2. The van der Waals surface area contributed by atoms with Gasteiger partial charge in [0.25, 0.3) is 0 Å². The first-order valence-electron chi connectivity index (χ1n) is 8.48. The van der Waals surface area contributed by atoms with Crippen molar-refractivity contribution in [2.75, 3.05) is 33.4 Å². The molecule has 0 aliphatic carbocycles. The maximum atomic E-state index is 13.3. The van der Waals surface area contributed by atoms with E-state index in [4.69, 9.17) is 4.74 Å². The number of halogens is 1. The van der Waals surface area contributed by atoms with Crippen molar-refractivity contribution in [3.05, 3.63) is 35.6 Å². The second-order valence-corrected chi connectivity index (χ2v) is 6.11. The second-order valence-electron chi connectivity index (χ2n) is 6.11. The smallest absolute Gasteiger partial charge is 0.191 e. The number of rotatable bonds is 6. The third-order valence-corrected chi connectivity index (χ3v) is 4.55. The van der Waals surface area contributed by atoms with Crippen LogP contribution in [-0.2, 0) is 10.2 Å². The van der Waals surface area contributed by atoms with Gasteiger partial charge in [-0.2, -0.15) is 0 Å². The van der Waals surface area contributed by atoms with E-state index in [1.54, 1.807) is 19.2 Å². The lowest BCUT2D eigenvalue weighted by Crippen LogP contribution is -2.48. The van der Waals surface area contributed by atoms with Crippen LogP contribution in [0.25, 0.3) is 0 Å². The standard InChI is InChI=1S/C18H28FN3O/c1-3-4-11-21-17(20-2)22-14-18(9-12-23-13-10-18)15-5-7-16(19)8-6-15/h5-8H,3-4,9-14H2,1-2H3,(H2,20,21,22). The predicted molar refractivity (Wildman–Crippen MR) is 92.4 cm³/mol. The van der Waals surface area contributed by atoms with E-state index < -0.39 is 0 Å². The number of nitrogens with zero attached hydrogens (tertiary/aromatic N) is 1. The number of aliphatic imine (C=N–C) groups is 1. The fourth-order valence-corrected chi connectivity index (χ4v) is 2.99. The highest BCUT2D eigenvalue weighted by molar-refractivity contribution is 5.79. The first-order valence-corrected chi connectivity index (χ1v) is 8.48. The number of hydrogen-bond acceptors (Lipinski definition) is 2. The van der Waals surface area contributed by atoms with Crippen molar-refractivity contribution in [1.29, 1.82) is 0 Å². The van der Waals surface area contributed by atoms with Crippen LogP contribution in [0.2, 0.25) is 0 Å². The molecular weight excluding hydrogens is 293 g/mol. The summed E-state index contributed by atoms with van der Waals surface area (Å²) in [7, 11) is 1.79. The minimum Gasteiger partial charge on any atom is -0.381 e. The number of ether oxygens (including phenoxy) is 1. The first-order chi connectivity index (χ1) is 11.2. The maximum Gasteiger partial charge on any atom is 0.191 e. The first kappa shape index (κ1) is 17.7. The van der Waals surface area contributed by atoms with Crippen molar-refractivity contribution in [3.63, 3.8) is 0 Å². The molecule has 1 aromatic rings. The molecule has 1 aliphatic rings. The predicted octanol–water partition coefficient (Wildman–Crippen LogP) is 2.84. The number of unbranched alkanes of at least 4 members (excludes halogenated alkanes) is 1. The molecule has 0 bridgehead atoms. The highest BCUT2D eigenvalue weighted by atomic mass is 19.1. The SMILES string of the molecule is CCCCNC(=NC)NCC1(c2ccc(F)cc2)CCOCC1. The largest absolute Gasteiger partial charge is 0.381 e. The van der Waals surface area contributed by atoms with Gasteiger partial charge in [-0.1, -0.05) is 25.5 Å². The van der Waals surface area contributed by atoms with E-state index in [0.717, 1.165) is 57.9 Å². The molecule has 0 radical (unpaired) electrons. The molecule has 0 saturated carbocycles. The summed E-state index contributed by atoms with van der Waals surface area (Å²) in [6.07, 6.45) is 4.13. The number of hydrogen-bond donors (Lipinski definition) is 2. The van der Waals surface area contributed by atoms with Crippen molar-refractivity contribution >= 4 is 5.96 Å². The van der Waals surface area contributed by atoms with Crippen molar-refractivity contribution in [2.45, 2.75) is 38.0 Å². The Morgan fingerprint density at radius 2 is 1.91 bits per heavy atom. The Kier molecular flexibility index (Phi) is 6.84. The summed E-state index contributed by atoms with van der Waals surface area (Å²) >= 11 is 0. The Bertz CT molecular complexity index is 495. The molecule has 1 fully saturated rings. The monoisotopic (exact) mass is 321 g/mol. The summed E-state index contributed by atoms with van der Waals surface area (Å²) in [5.41, 5.74) is 1.13. The Labute approximate surface area is 138 Å². The minimum atomic E-state index is -0.194. The molecule has 0 atom stereocenters. The van der Waals surface area contributed by atoms with Gasteiger partial charge in [-0.15, -0.1) is 0 Å². The Morgan fingerprint density at radius 1 is 1.22 bits per heavy atom. The van der Waals surface area contributed by atoms with Gasteiger partial charge in [0.2, 0.25) is 0 Å². The molecule has 4 nitrogen and oxygen atoms in total. The molecule has 0 aromatic heterocycles. The van der Waals surface area contributed by atoms with E-state index in [1.807, 2.05) is 12.1 Å². The summed E-state index contributed by atoms with van der Waals surface area (Å²) in [6.45, 7) is 5.34. The zero-order valence-corrected chi connectivity index (χ0v) is 14.2. The fraction of sp³-hybridized carbons (Fsp3) is 0.611. The molecular formula is C18H28FN3O. The number of benzene rings is 1. The van der Waals surface area contributed by atoms with E-state index in [0.29, 0.717) is 0 Å². The molecule has 2 N–H and O–H groups in total. The Balaban J connectivity index is 2.05. The lowest BCUT2D eigenvalue weighted by Gasteiger charge is -2.38. The molecule has 0 spiro atoms. The molecule has 128 valence electrons. The quantitative estimate of drug-likeness (QED) is 0.481. The highest BCUT2D eigenvalue weighted by Crippen LogP contribution is 2.34. The molecule has 2 rings (SSSR count). The molecule has 1 saturated heterocycles. The molecule has 1 aromatic carbocycles. The van der Waals surface area contributed by atoms with E-state index in [-0.39, 0.29) is 11.2 Å². The molecule has 1 heterocycles. The van der Waals surface area contributed by atoms with Crippen molar-refractivity contribution in [1.82, 2.24) is 10.6 Å². The van der Waals surface area contributed by atoms with Crippen LogP contribution in [0.5, 0.6) is 0 Å². The van der Waals surface area contributed by atoms with E-state index in [2.05, 4.69) is 22.5 Å². The molecule has 0 amide bonds. The summed E-state index contributed by atoms with van der Waals surface area (Å²) < 4.78 is 18.8. The van der Waals surface area contributed by atoms with Gasteiger partial charge in [0, 0.05) is 38.8 Å². The molecule has 5 heteroatoms.